The Kier molecular flexibility index (Phi) is 6.26. The third kappa shape index (κ3) is 5.13. The van der Waals surface area contributed by atoms with Crippen LogP contribution < -0.4 is 10.5 Å². The molecule has 0 spiro atoms. The SMILES string of the molecule is NC(=O)C1CCN(C(=O)COC(=O)c2ccccc2OC(F)F)CC1. The fraction of sp³-hybridized carbons (Fsp3) is 0.438. The van der Waals surface area contributed by atoms with Crippen molar-refractivity contribution in [2.24, 2.45) is 11.7 Å². The zero-order valence-corrected chi connectivity index (χ0v) is 13.3. The molecular weight excluding hydrogens is 338 g/mol. The number of ether oxygens (including phenoxy) is 2. The molecule has 1 saturated heterocycles. The van der Waals surface area contributed by atoms with Crippen molar-refractivity contribution in [2.45, 2.75) is 19.5 Å². The zero-order chi connectivity index (χ0) is 18.4. The standard InChI is InChI=1S/C16H18F2N2O5/c17-16(18)25-12-4-2-1-3-11(12)15(23)24-9-13(21)20-7-5-10(6-8-20)14(19)22/h1-4,10,16H,5-9H2,(H2,19,22). The predicted octanol–water partition coefficient (Wildman–Crippen LogP) is 1.17. The minimum absolute atomic E-state index is 0.192. The summed E-state index contributed by atoms with van der Waals surface area (Å²) in [5.41, 5.74) is 5.03. The van der Waals surface area contributed by atoms with E-state index in [0.717, 1.165) is 0 Å². The maximum absolute atomic E-state index is 12.3. The first-order valence-electron chi connectivity index (χ1n) is 7.66. The number of nitrogens with zero attached hydrogens (tertiary/aromatic N) is 1. The smallest absolute Gasteiger partial charge is 0.387 e. The van der Waals surface area contributed by atoms with Crippen molar-refractivity contribution in [3.63, 3.8) is 0 Å². The van der Waals surface area contributed by atoms with Crippen molar-refractivity contribution in [1.82, 2.24) is 4.90 Å². The van der Waals surface area contributed by atoms with Crippen LogP contribution in [0.15, 0.2) is 24.3 Å². The van der Waals surface area contributed by atoms with Gasteiger partial charge in [0.1, 0.15) is 11.3 Å². The molecule has 2 rings (SSSR count). The molecular formula is C16H18F2N2O5. The lowest BCUT2D eigenvalue weighted by atomic mass is 9.96. The monoisotopic (exact) mass is 356 g/mol. The number of primary amides is 1. The Morgan fingerprint density at radius 2 is 1.84 bits per heavy atom. The fourth-order valence-electron chi connectivity index (χ4n) is 2.54. The molecule has 25 heavy (non-hydrogen) atoms. The number of rotatable bonds is 6. The molecule has 1 aliphatic rings. The van der Waals surface area contributed by atoms with Gasteiger partial charge in [-0.25, -0.2) is 4.79 Å². The highest BCUT2D eigenvalue weighted by Gasteiger charge is 2.26. The highest BCUT2D eigenvalue weighted by Crippen LogP contribution is 2.21. The van der Waals surface area contributed by atoms with Crippen molar-refractivity contribution >= 4 is 17.8 Å². The average Bonchev–Trinajstić information content (AvgIpc) is 2.59. The van der Waals surface area contributed by atoms with Crippen LogP contribution in [0.2, 0.25) is 0 Å². The number of hydrogen-bond acceptors (Lipinski definition) is 5. The van der Waals surface area contributed by atoms with E-state index in [1.54, 1.807) is 0 Å². The Labute approximate surface area is 142 Å². The van der Waals surface area contributed by atoms with Crippen LogP contribution in [0, 0.1) is 5.92 Å². The van der Waals surface area contributed by atoms with E-state index in [1.807, 2.05) is 0 Å². The molecule has 1 aromatic rings. The van der Waals surface area contributed by atoms with E-state index in [9.17, 15) is 23.2 Å². The number of halogens is 2. The van der Waals surface area contributed by atoms with Crippen LogP contribution in [0.25, 0.3) is 0 Å². The van der Waals surface area contributed by atoms with Gasteiger partial charge in [-0.1, -0.05) is 12.1 Å². The minimum Gasteiger partial charge on any atom is -0.452 e. The lowest BCUT2D eigenvalue weighted by Crippen LogP contribution is -2.43. The van der Waals surface area contributed by atoms with Gasteiger partial charge in [-0.15, -0.1) is 0 Å². The first-order valence-corrected chi connectivity index (χ1v) is 7.66. The van der Waals surface area contributed by atoms with Gasteiger partial charge < -0.3 is 20.1 Å². The van der Waals surface area contributed by atoms with Crippen LogP contribution in [-0.4, -0.2) is 49.0 Å². The van der Waals surface area contributed by atoms with Crippen LogP contribution in [0.5, 0.6) is 5.75 Å². The summed E-state index contributed by atoms with van der Waals surface area (Å²) >= 11 is 0. The normalized spacial score (nSPS) is 15.1. The quantitative estimate of drug-likeness (QED) is 0.772. The Hall–Kier alpha value is -2.71. The maximum atomic E-state index is 12.3. The van der Waals surface area contributed by atoms with Crippen LogP contribution in [0.3, 0.4) is 0 Å². The van der Waals surface area contributed by atoms with Gasteiger partial charge in [-0.3, -0.25) is 9.59 Å². The van der Waals surface area contributed by atoms with E-state index < -0.39 is 31.0 Å². The molecule has 0 aromatic heterocycles. The zero-order valence-electron chi connectivity index (χ0n) is 13.3. The number of benzene rings is 1. The molecule has 1 aromatic carbocycles. The Bertz CT molecular complexity index is 645. The Balaban J connectivity index is 1.88. The van der Waals surface area contributed by atoms with Gasteiger partial charge in [-0.2, -0.15) is 8.78 Å². The van der Waals surface area contributed by atoms with Crippen LogP contribution >= 0.6 is 0 Å². The number of hydrogen-bond donors (Lipinski definition) is 1. The molecule has 0 saturated carbocycles. The second-order valence-electron chi connectivity index (χ2n) is 5.51. The van der Waals surface area contributed by atoms with Gasteiger partial charge in [0.25, 0.3) is 5.91 Å². The second kappa shape index (κ2) is 8.41. The molecule has 0 atom stereocenters. The Morgan fingerprint density at radius 3 is 2.44 bits per heavy atom. The van der Waals surface area contributed by atoms with Crippen molar-refractivity contribution in [1.29, 1.82) is 0 Å². The summed E-state index contributed by atoms with van der Waals surface area (Å²) in [7, 11) is 0. The minimum atomic E-state index is -3.08. The highest BCUT2D eigenvalue weighted by molar-refractivity contribution is 5.94. The molecule has 1 fully saturated rings. The second-order valence-corrected chi connectivity index (χ2v) is 5.51. The molecule has 9 heteroatoms. The molecule has 2 N–H and O–H groups in total. The third-order valence-corrected chi connectivity index (χ3v) is 3.90. The van der Waals surface area contributed by atoms with Gasteiger partial charge >= 0.3 is 12.6 Å². The summed E-state index contributed by atoms with van der Waals surface area (Å²) in [5, 5.41) is 0. The average molecular weight is 356 g/mol. The third-order valence-electron chi connectivity index (χ3n) is 3.90. The van der Waals surface area contributed by atoms with E-state index in [0.29, 0.717) is 25.9 Å². The lowest BCUT2D eigenvalue weighted by molar-refractivity contribution is -0.137. The van der Waals surface area contributed by atoms with E-state index >= 15 is 0 Å². The number of likely N-dealkylation sites (tertiary alicyclic amines) is 1. The summed E-state index contributed by atoms with van der Waals surface area (Å²) in [6, 6.07) is 5.37. The van der Waals surface area contributed by atoms with E-state index in [-0.39, 0.29) is 17.2 Å². The molecule has 7 nitrogen and oxygen atoms in total. The number of nitrogens with two attached hydrogens (primary N) is 1. The topological polar surface area (TPSA) is 98.9 Å². The molecule has 0 bridgehead atoms. The number of para-hydroxylation sites is 1. The molecule has 1 aliphatic heterocycles. The Morgan fingerprint density at radius 1 is 1.20 bits per heavy atom. The van der Waals surface area contributed by atoms with Crippen LogP contribution in [0.1, 0.15) is 23.2 Å². The lowest BCUT2D eigenvalue weighted by Gasteiger charge is -2.30. The van der Waals surface area contributed by atoms with Gasteiger partial charge in [0, 0.05) is 19.0 Å². The van der Waals surface area contributed by atoms with E-state index in [1.165, 1.54) is 29.2 Å². The first-order chi connectivity index (χ1) is 11.9. The number of piperidine rings is 1. The van der Waals surface area contributed by atoms with Crippen molar-refractivity contribution in [2.75, 3.05) is 19.7 Å². The fourth-order valence-corrected chi connectivity index (χ4v) is 2.54. The summed E-state index contributed by atoms with van der Waals surface area (Å²) < 4.78 is 33.8. The van der Waals surface area contributed by atoms with Crippen LogP contribution in [-0.2, 0) is 14.3 Å². The van der Waals surface area contributed by atoms with Crippen molar-refractivity contribution < 1.29 is 32.6 Å². The molecule has 136 valence electrons. The van der Waals surface area contributed by atoms with E-state index in [4.69, 9.17) is 10.5 Å². The van der Waals surface area contributed by atoms with Gasteiger partial charge in [0.2, 0.25) is 5.91 Å². The summed E-state index contributed by atoms with van der Waals surface area (Å²) in [5.74, 6) is -2.34. The molecule has 2 amide bonds. The van der Waals surface area contributed by atoms with Crippen molar-refractivity contribution in [3.8, 4) is 5.75 Å². The predicted molar refractivity (Wildman–Crippen MR) is 81.9 cm³/mol. The highest BCUT2D eigenvalue weighted by atomic mass is 19.3. The number of alkyl halides is 2. The molecule has 0 radical (unpaired) electrons. The van der Waals surface area contributed by atoms with Crippen molar-refractivity contribution in [3.05, 3.63) is 29.8 Å². The summed E-state index contributed by atoms with van der Waals surface area (Å²) in [4.78, 5) is 36.6. The maximum Gasteiger partial charge on any atom is 0.387 e. The first kappa shape index (κ1) is 18.6. The molecule has 0 unspecified atom stereocenters. The number of carbonyl (C=O) groups excluding carboxylic acids is 3. The summed E-state index contributed by atoms with van der Waals surface area (Å²) in [6.45, 7) is -2.92. The largest absolute Gasteiger partial charge is 0.452 e. The summed E-state index contributed by atoms with van der Waals surface area (Å²) in [6.07, 6.45) is 0.917. The van der Waals surface area contributed by atoms with Crippen LogP contribution in [0.4, 0.5) is 8.78 Å². The number of carbonyl (C=O) groups is 3. The molecule has 0 aliphatic carbocycles. The van der Waals surface area contributed by atoms with E-state index in [2.05, 4.69) is 4.74 Å². The van der Waals surface area contributed by atoms with Gasteiger partial charge in [0.05, 0.1) is 0 Å². The molecule has 1 heterocycles. The number of amides is 2. The van der Waals surface area contributed by atoms with Gasteiger partial charge in [-0.05, 0) is 25.0 Å². The van der Waals surface area contributed by atoms with Gasteiger partial charge in [0.15, 0.2) is 6.61 Å². The number of esters is 1.